The minimum absolute atomic E-state index is 0.156. The lowest BCUT2D eigenvalue weighted by Gasteiger charge is -2.42. The van der Waals surface area contributed by atoms with Gasteiger partial charge in [-0.2, -0.15) is 0 Å². The average molecular weight is 423 g/mol. The Morgan fingerprint density at radius 3 is 1.82 bits per heavy atom. The van der Waals surface area contributed by atoms with E-state index in [-0.39, 0.29) is 5.04 Å². The quantitative estimate of drug-likeness (QED) is 0.304. The first kappa shape index (κ1) is 25.1. The fourth-order valence-electron chi connectivity index (χ4n) is 3.93. The summed E-state index contributed by atoms with van der Waals surface area (Å²) in [6.07, 6.45) is 0.909. The van der Waals surface area contributed by atoms with Crippen LogP contribution in [0.15, 0.2) is 18.2 Å². The van der Waals surface area contributed by atoms with Gasteiger partial charge in [-0.1, -0.05) is 62.3 Å². The SMILES string of the molecule is CC(C)[Si](Oc1cc(C=O)cc(CO[Si](C)(C)C(C)(C)C)c1)(C(C)C)C(C)C. The molecule has 1 aromatic rings. The van der Waals surface area contributed by atoms with Crippen molar-refractivity contribution in [2.24, 2.45) is 0 Å². The smallest absolute Gasteiger partial charge is 0.258 e. The number of carbonyl (C=O) groups excluding carboxylic acids is 1. The van der Waals surface area contributed by atoms with Crippen molar-refractivity contribution in [2.45, 2.75) is 104 Å². The molecule has 0 aromatic heterocycles. The largest absolute Gasteiger partial charge is 0.543 e. The molecule has 0 spiro atoms. The fourth-order valence-corrected chi connectivity index (χ4v) is 10.1. The van der Waals surface area contributed by atoms with E-state index in [2.05, 4.69) is 81.5 Å². The van der Waals surface area contributed by atoms with Crippen LogP contribution >= 0.6 is 0 Å². The van der Waals surface area contributed by atoms with E-state index in [0.29, 0.717) is 28.8 Å². The molecule has 0 saturated heterocycles. The molecule has 0 aliphatic rings. The molecule has 0 saturated carbocycles. The molecule has 28 heavy (non-hydrogen) atoms. The third-order valence-electron chi connectivity index (χ3n) is 6.53. The predicted molar refractivity (Wildman–Crippen MR) is 125 cm³/mol. The van der Waals surface area contributed by atoms with Crippen LogP contribution in [0.4, 0.5) is 0 Å². The lowest BCUT2D eigenvalue weighted by molar-refractivity contribution is 0.112. The molecule has 0 heterocycles. The fraction of sp³-hybridized carbons (Fsp3) is 0.696. The molecule has 0 aliphatic heterocycles. The highest BCUT2D eigenvalue weighted by molar-refractivity contribution is 6.78. The average Bonchev–Trinajstić information content (AvgIpc) is 2.55. The zero-order valence-corrected chi connectivity index (χ0v) is 22.0. The molecule has 0 unspecified atom stereocenters. The minimum atomic E-state index is -2.06. The summed E-state index contributed by atoms with van der Waals surface area (Å²) in [6.45, 7) is 25.4. The first-order valence-corrected chi connectivity index (χ1v) is 15.6. The maximum absolute atomic E-state index is 11.6. The molecule has 0 fully saturated rings. The second kappa shape index (κ2) is 9.27. The van der Waals surface area contributed by atoms with Gasteiger partial charge in [0.1, 0.15) is 12.0 Å². The number of hydrogen-bond donors (Lipinski definition) is 0. The minimum Gasteiger partial charge on any atom is -0.543 e. The molecule has 3 nitrogen and oxygen atoms in total. The second-order valence-corrected chi connectivity index (χ2v) is 20.7. The zero-order chi connectivity index (χ0) is 21.9. The Morgan fingerprint density at radius 2 is 1.43 bits per heavy atom. The van der Waals surface area contributed by atoms with Gasteiger partial charge in [-0.05, 0) is 58.5 Å². The molecule has 0 aliphatic carbocycles. The number of rotatable bonds is 9. The Hall–Kier alpha value is -0.916. The number of carbonyl (C=O) groups is 1. The van der Waals surface area contributed by atoms with Crippen LogP contribution in [0.2, 0.25) is 34.8 Å². The van der Waals surface area contributed by atoms with E-state index in [0.717, 1.165) is 17.6 Å². The molecule has 1 aromatic carbocycles. The Labute approximate surface area is 175 Å². The maximum Gasteiger partial charge on any atom is 0.258 e. The summed E-state index contributed by atoms with van der Waals surface area (Å²) in [5.74, 6) is 0.821. The molecule has 5 heteroatoms. The number of hydrogen-bond acceptors (Lipinski definition) is 3. The lowest BCUT2D eigenvalue weighted by atomic mass is 10.1. The number of aldehydes is 1. The van der Waals surface area contributed by atoms with Crippen LogP contribution in [0.25, 0.3) is 0 Å². The molecule has 0 atom stereocenters. The first-order chi connectivity index (χ1) is 12.7. The van der Waals surface area contributed by atoms with Crippen molar-refractivity contribution in [1.29, 1.82) is 0 Å². The topological polar surface area (TPSA) is 35.5 Å². The zero-order valence-electron chi connectivity index (χ0n) is 20.0. The molecule has 0 N–H and O–H groups in total. The summed E-state index contributed by atoms with van der Waals surface area (Å²) < 4.78 is 13.2. The van der Waals surface area contributed by atoms with Crippen molar-refractivity contribution in [2.75, 3.05) is 0 Å². The summed E-state index contributed by atoms with van der Waals surface area (Å²) >= 11 is 0. The summed E-state index contributed by atoms with van der Waals surface area (Å²) in [5, 5.41) is 0.156. The van der Waals surface area contributed by atoms with Gasteiger partial charge in [-0.3, -0.25) is 4.79 Å². The van der Waals surface area contributed by atoms with E-state index in [4.69, 9.17) is 8.85 Å². The van der Waals surface area contributed by atoms with Crippen LogP contribution in [0.5, 0.6) is 5.75 Å². The van der Waals surface area contributed by atoms with E-state index in [1.54, 1.807) is 0 Å². The van der Waals surface area contributed by atoms with Crippen molar-refractivity contribution in [3.8, 4) is 5.75 Å². The molecular weight excluding hydrogens is 380 g/mol. The predicted octanol–water partition coefficient (Wildman–Crippen LogP) is 7.58. The van der Waals surface area contributed by atoms with Crippen LogP contribution in [-0.4, -0.2) is 22.9 Å². The van der Waals surface area contributed by atoms with Gasteiger partial charge in [0.15, 0.2) is 8.32 Å². The number of benzene rings is 1. The van der Waals surface area contributed by atoms with Gasteiger partial charge in [0.05, 0.1) is 6.61 Å². The third kappa shape index (κ3) is 5.58. The van der Waals surface area contributed by atoms with E-state index in [9.17, 15) is 4.79 Å². The Kier molecular flexibility index (Phi) is 8.31. The summed E-state index contributed by atoms with van der Waals surface area (Å²) in [7, 11) is -3.92. The van der Waals surface area contributed by atoms with Crippen molar-refractivity contribution in [3.05, 3.63) is 29.3 Å². The highest BCUT2D eigenvalue weighted by atomic mass is 28.4. The Balaban J connectivity index is 3.25. The van der Waals surface area contributed by atoms with Gasteiger partial charge >= 0.3 is 0 Å². The van der Waals surface area contributed by atoms with E-state index in [1.165, 1.54) is 0 Å². The van der Waals surface area contributed by atoms with E-state index < -0.39 is 16.6 Å². The maximum atomic E-state index is 11.6. The molecule has 0 amide bonds. The standard InChI is InChI=1S/C23H42O3Si2/c1-17(2)28(18(3)4,19(5)6)26-22-13-20(15-24)12-21(14-22)16-25-27(10,11)23(7,8)9/h12-15,17-19H,16H2,1-11H3. The van der Waals surface area contributed by atoms with Crippen molar-refractivity contribution < 1.29 is 13.6 Å². The molecule has 160 valence electrons. The second-order valence-electron chi connectivity index (χ2n) is 10.5. The van der Waals surface area contributed by atoms with Crippen molar-refractivity contribution in [3.63, 3.8) is 0 Å². The molecule has 0 radical (unpaired) electrons. The van der Waals surface area contributed by atoms with E-state index in [1.807, 2.05) is 12.1 Å². The van der Waals surface area contributed by atoms with Crippen LogP contribution < -0.4 is 4.43 Å². The van der Waals surface area contributed by atoms with E-state index >= 15 is 0 Å². The van der Waals surface area contributed by atoms with Crippen LogP contribution in [0, 0.1) is 0 Å². The van der Waals surface area contributed by atoms with Gasteiger partial charge in [0, 0.05) is 5.56 Å². The van der Waals surface area contributed by atoms with Gasteiger partial charge in [-0.25, -0.2) is 0 Å². The van der Waals surface area contributed by atoms with Crippen molar-refractivity contribution in [1.82, 2.24) is 0 Å². The highest BCUT2D eigenvalue weighted by Crippen LogP contribution is 2.43. The summed E-state index contributed by atoms with van der Waals surface area (Å²) in [4.78, 5) is 11.6. The first-order valence-electron chi connectivity index (χ1n) is 10.6. The monoisotopic (exact) mass is 422 g/mol. The Morgan fingerprint density at radius 1 is 0.929 bits per heavy atom. The van der Waals surface area contributed by atoms with Gasteiger partial charge in [-0.15, -0.1) is 0 Å². The normalized spacial score (nSPS) is 13.5. The Bertz CT molecular complexity index is 637. The van der Waals surface area contributed by atoms with Crippen LogP contribution in [0.3, 0.4) is 0 Å². The molecule has 0 bridgehead atoms. The summed E-state index contributed by atoms with van der Waals surface area (Å²) in [6, 6.07) is 5.89. The summed E-state index contributed by atoms with van der Waals surface area (Å²) in [5.41, 5.74) is 3.13. The highest BCUT2D eigenvalue weighted by Gasteiger charge is 2.47. The van der Waals surface area contributed by atoms with Crippen molar-refractivity contribution >= 4 is 22.9 Å². The molecular formula is C23H42O3Si2. The lowest BCUT2D eigenvalue weighted by Crippen LogP contribution is -2.50. The van der Waals surface area contributed by atoms with Crippen LogP contribution in [-0.2, 0) is 11.0 Å². The van der Waals surface area contributed by atoms with Gasteiger partial charge in [0.25, 0.3) is 8.32 Å². The van der Waals surface area contributed by atoms with Crippen LogP contribution in [0.1, 0.15) is 78.2 Å². The third-order valence-corrected chi connectivity index (χ3v) is 17.0. The van der Waals surface area contributed by atoms with Gasteiger partial charge in [0.2, 0.25) is 0 Å². The molecule has 1 rings (SSSR count). The van der Waals surface area contributed by atoms with Gasteiger partial charge < -0.3 is 8.85 Å².